The van der Waals surface area contributed by atoms with Gasteiger partial charge in [0.05, 0.1) is 0 Å². The van der Waals surface area contributed by atoms with Crippen LogP contribution < -0.4 is 5.32 Å². The zero-order chi connectivity index (χ0) is 14.8. The van der Waals surface area contributed by atoms with Gasteiger partial charge in [-0.05, 0) is 56.2 Å². The fraction of sp³-hybridized carbons (Fsp3) is 0.294. The maximum atomic E-state index is 5.94. The topological polar surface area (TPSA) is 12.0 Å². The Kier molecular flexibility index (Phi) is 4.90. The van der Waals surface area contributed by atoms with Gasteiger partial charge < -0.3 is 5.32 Å². The smallest absolute Gasteiger partial charge is 0.0406 e. The normalized spacial score (nSPS) is 13.2. The molecule has 0 bridgehead atoms. The van der Waals surface area contributed by atoms with Crippen molar-refractivity contribution in [2.75, 3.05) is 0 Å². The maximum Gasteiger partial charge on any atom is 0.0406 e. The zero-order valence-electron chi connectivity index (χ0n) is 12.0. The highest BCUT2D eigenvalue weighted by atomic mass is 79.9. The van der Waals surface area contributed by atoms with Gasteiger partial charge >= 0.3 is 0 Å². The fourth-order valence-corrected chi connectivity index (χ4v) is 2.72. The Morgan fingerprint density at radius 3 is 2.10 bits per heavy atom. The number of hydrogen-bond acceptors (Lipinski definition) is 1. The molecule has 0 aliphatic carbocycles. The highest BCUT2D eigenvalue weighted by molar-refractivity contribution is 9.10. The summed E-state index contributed by atoms with van der Waals surface area (Å²) in [5.41, 5.74) is 2.40. The van der Waals surface area contributed by atoms with Crippen LogP contribution in [0.2, 0.25) is 5.02 Å². The van der Waals surface area contributed by atoms with Crippen molar-refractivity contribution in [1.29, 1.82) is 0 Å². The molecule has 0 saturated heterocycles. The molecule has 0 fully saturated rings. The zero-order valence-corrected chi connectivity index (χ0v) is 14.3. The van der Waals surface area contributed by atoms with E-state index in [4.69, 9.17) is 11.6 Å². The maximum absolute atomic E-state index is 5.94. The van der Waals surface area contributed by atoms with Crippen molar-refractivity contribution in [2.24, 2.45) is 0 Å². The van der Waals surface area contributed by atoms with Crippen LogP contribution in [-0.4, -0.2) is 0 Å². The minimum absolute atomic E-state index is 0.0975. The van der Waals surface area contributed by atoms with Crippen molar-refractivity contribution in [2.45, 2.75) is 32.4 Å². The molecule has 0 heterocycles. The molecule has 0 saturated carbocycles. The third kappa shape index (κ3) is 3.85. The van der Waals surface area contributed by atoms with E-state index in [0.717, 1.165) is 9.50 Å². The van der Waals surface area contributed by atoms with Crippen LogP contribution in [0.25, 0.3) is 0 Å². The molecule has 1 nitrogen and oxygen atoms in total. The minimum Gasteiger partial charge on any atom is -0.301 e. The standard InChI is InChI=1S/C17H19BrClN/c1-12(13-4-10-16(19)11-5-13)20-17(2,3)14-6-8-15(18)9-7-14/h4-12,20H,1-3H3. The molecule has 0 aromatic heterocycles. The lowest BCUT2D eigenvalue weighted by molar-refractivity contribution is 0.357. The Hall–Kier alpha value is -0.830. The van der Waals surface area contributed by atoms with Gasteiger partial charge in [-0.25, -0.2) is 0 Å². The van der Waals surface area contributed by atoms with E-state index in [-0.39, 0.29) is 11.6 Å². The Balaban J connectivity index is 2.14. The Morgan fingerprint density at radius 2 is 1.55 bits per heavy atom. The first-order chi connectivity index (χ1) is 9.38. The molecule has 0 amide bonds. The summed E-state index contributed by atoms with van der Waals surface area (Å²) < 4.78 is 1.10. The van der Waals surface area contributed by atoms with Crippen molar-refractivity contribution >= 4 is 27.5 Å². The second-order valence-electron chi connectivity index (χ2n) is 5.55. The van der Waals surface area contributed by atoms with E-state index in [2.05, 4.69) is 78.4 Å². The molecular weight excluding hydrogens is 334 g/mol. The summed E-state index contributed by atoms with van der Waals surface area (Å²) >= 11 is 9.41. The molecule has 106 valence electrons. The largest absolute Gasteiger partial charge is 0.301 e. The second kappa shape index (κ2) is 6.30. The van der Waals surface area contributed by atoms with Crippen molar-refractivity contribution in [3.8, 4) is 0 Å². The quantitative estimate of drug-likeness (QED) is 0.745. The first-order valence-corrected chi connectivity index (χ1v) is 7.85. The molecule has 2 rings (SSSR count). The molecule has 1 unspecified atom stereocenters. The van der Waals surface area contributed by atoms with Gasteiger partial charge in [0.15, 0.2) is 0 Å². The summed E-state index contributed by atoms with van der Waals surface area (Å²) in [4.78, 5) is 0. The van der Waals surface area contributed by atoms with Crippen molar-refractivity contribution in [1.82, 2.24) is 5.32 Å². The molecule has 1 atom stereocenters. The monoisotopic (exact) mass is 351 g/mol. The van der Waals surface area contributed by atoms with Crippen molar-refractivity contribution < 1.29 is 0 Å². The molecule has 3 heteroatoms. The van der Waals surface area contributed by atoms with Gasteiger partial charge in [0.1, 0.15) is 0 Å². The van der Waals surface area contributed by atoms with Gasteiger partial charge in [-0.3, -0.25) is 0 Å². The lowest BCUT2D eigenvalue weighted by Crippen LogP contribution is -2.38. The number of hydrogen-bond donors (Lipinski definition) is 1. The van der Waals surface area contributed by atoms with Gasteiger partial charge in [-0.2, -0.15) is 0 Å². The van der Waals surface area contributed by atoms with E-state index in [1.54, 1.807) is 0 Å². The van der Waals surface area contributed by atoms with Gasteiger partial charge in [-0.1, -0.05) is 51.8 Å². The molecule has 0 radical (unpaired) electrons. The summed E-state index contributed by atoms with van der Waals surface area (Å²) in [7, 11) is 0. The number of nitrogens with one attached hydrogen (secondary N) is 1. The molecule has 0 aliphatic rings. The van der Waals surface area contributed by atoms with Crippen LogP contribution in [0.15, 0.2) is 53.0 Å². The van der Waals surface area contributed by atoms with E-state index in [9.17, 15) is 0 Å². The van der Waals surface area contributed by atoms with E-state index in [1.165, 1.54) is 11.1 Å². The molecular formula is C17H19BrClN. The SMILES string of the molecule is CC(NC(C)(C)c1ccc(Br)cc1)c1ccc(Cl)cc1. The lowest BCUT2D eigenvalue weighted by atomic mass is 9.92. The molecule has 1 N–H and O–H groups in total. The number of benzene rings is 2. The van der Waals surface area contributed by atoms with E-state index in [0.29, 0.717) is 0 Å². The fourth-order valence-electron chi connectivity index (χ4n) is 2.33. The van der Waals surface area contributed by atoms with E-state index >= 15 is 0 Å². The van der Waals surface area contributed by atoms with E-state index in [1.807, 2.05) is 12.1 Å². The first kappa shape index (κ1) is 15.6. The third-order valence-electron chi connectivity index (χ3n) is 3.51. The van der Waals surface area contributed by atoms with Crippen LogP contribution in [0.1, 0.15) is 37.9 Å². The predicted molar refractivity (Wildman–Crippen MR) is 90.2 cm³/mol. The highest BCUT2D eigenvalue weighted by Gasteiger charge is 2.22. The number of halogens is 2. The first-order valence-electron chi connectivity index (χ1n) is 6.68. The third-order valence-corrected chi connectivity index (χ3v) is 4.29. The van der Waals surface area contributed by atoms with Gasteiger partial charge in [0.2, 0.25) is 0 Å². The highest BCUT2D eigenvalue weighted by Crippen LogP contribution is 2.26. The van der Waals surface area contributed by atoms with Crippen LogP contribution in [0, 0.1) is 0 Å². The molecule has 0 spiro atoms. The van der Waals surface area contributed by atoms with Crippen LogP contribution in [0.4, 0.5) is 0 Å². The predicted octanol–water partition coefficient (Wildman–Crippen LogP) is 5.69. The average Bonchev–Trinajstić information content (AvgIpc) is 2.39. The molecule has 20 heavy (non-hydrogen) atoms. The summed E-state index contributed by atoms with van der Waals surface area (Å²) in [6, 6.07) is 16.7. The van der Waals surface area contributed by atoms with Crippen LogP contribution >= 0.6 is 27.5 Å². The van der Waals surface area contributed by atoms with E-state index < -0.39 is 0 Å². The van der Waals surface area contributed by atoms with Crippen molar-refractivity contribution in [3.63, 3.8) is 0 Å². The van der Waals surface area contributed by atoms with Gasteiger partial charge in [-0.15, -0.1) is 0 Å². The van der Waals surface area contributed by atoms with Crippen LogP contribution in [0.3, 0.4) is 0 Å². The molecule has 0 aliphatic heterocycles. The summed E-state index contributed by atoms with van der Waals surface area (Å²) in [6.07, 6.45) is 0. The Bertz CT molecular complexity index is 561. The molecule has 2 aromatic carbocycles. The summed E-state index contributed by atoms with van der Waals surface area (Å²) in [6.45, 7) is 6.56. The molecule has 2 aromatic rings. The summed E-state index contributed by atoms with van der Waals surface area (Å²) in [5, 5.41) is 4.44. The second-order valence-corrected chi connectivity index (χ2v) is 6.90. The Labute approximate surface area is 134 Å². The lowest BCUT2D eigenvalue weighted by Gasteiger charge is -2.31. The average molecular weight is 353 g/mol. The minimum atomic E-state index is -0.0975. The summed E-state index contributed by atoms with van der Waals surface area (Å²) in [5.74, 6) is 0. The van der Waals surface area contributed by atoms with Gasteiger partial charge in [0.25, 0.3) is 0 Å². The van der Waals surface area contributed by atoms with Crippen molar-refractivity contribution in [3.05, 3.63) is 69.2 Å². The Morgan fingerprint density at radius 1 is 1.00 bits per heavy atom. The van der Waals surface area contributed by atoms with Gasteiger partial charge in [0, 0.05) is 21.1 Å². The number of rotatable bonds is 4. The van der Waals surface area contributed by atoms with Crippen LogP contribution in [0.5, 0.6) is 0 Å². The van der Waals surface area contributed by atoms with Crippen LogP contribution in [-0.2, 0) is 5.54 Å².